The number of carbonyl (C=O) groups is 1. The zero-order valence-corrected chi connectivity index (χ0v) is 15.5. The van der Waals surface area contributed by atoms with Crippen molar-refractivity contribution >= 4 is 5.97 Å². The zero-order valence-electron chi connectivity index (χ0n) is 15.5. The predicted molar refractivity (Wildman–Crippen MR) is 102 cm³/mol. The Balaban J connectivity index is 1.62. The highest BCUT2D eigenvalue weighted by Crippen LogP contribution is 2.37. The second kappa shape index (κ2) is 8.63. The van der Waals surface area contributed by atoms with Gasteiger partial charge in [-0.05, 0) is 79.8 Å². The van der Waals surface area contributed by atoms with Gasteiger partial charge in [0.25, 0.3) is 0 Å². The lowest BCUT2D eigenvalue weighted by atomic mass is 9.77. The third kappa shape index (κ3) is 5.03. The van der Waals surface area contributed by atoms with Crippen LogP contribution in [0.3, 0.4) is 0 Å². The summed E-state index contributed by atoms with van der Waals surface area (Å²) in [6.45, 7) is 3.81. The van der Waals surface area contributed by atoms with Crippen LogP contribution >= 0.6 is 0 Å². The molecule has 2 nitrogen and oxygen atoms in total. The van der Waals surface area contributed by atoms with Crippen LogP contribution in [0.4, 0.5) is 13.2 Å². The minimum atomic E-state index is -4.50. The first-order valence-corrected chi connectivity index (χ1v) is 9.47. The van der Waals surface area contributed by atoms with Crippen molar-refractivity contribution in [3.8, 4) is 5.75 Å². The molecule has 0 aromatic heterocycles. The molecule has 0 unspecified atom stereocenters. The molecule has 5 heteroatoms. The van der Waals surface area contributed by atoms with Crippen molar-refractivity contribution in [2.45, 2.75) is 44.2 Å². The Bertz CT molecular complexity index is 816. The Hall–Kier alpha value is -2.56. The molecule has 2 aromatic carbocycles. The number of hydrogen-bond donors (Lipinski definition) is 0. The van der Waals surface area contributed by atoms with E-state index in [1.165, 1.54) is 30.5 Å². The van der Waals surface area contributed by atoms with Crippen molar-refractivity contribution in [2.24, 2.45) is 5.92 Å². The third-order valence-corrected chi connectivity index (χ3v) is 5.33. The van der Waals surface area contributed by atoms with Gasteiger partial charge in [0.15, 0.2) is 0 Å². The summed E-state index contributed by atoms with van der Waals surface area (Å²) >= 11 is 0. The van der Waals surface area contributed by atoms with Gasteiger partial charge in [0.1, 0.15) is 5.75 Å². The van der Waals surface area contributed by atoms with Gasteiger partial charge < -0.3 is 4.74 Å². The molecule has 3 rings (SSSR count). The predicted octanol–water partition coefficient (Wildman–Crippen LogP) is 6.77. The molecule has 0 heterocycles. The smallest absolute Gasteiger partial charge is 0.416 e. The Morgan fingerprint density at radius 1 is 1.07 bits per heavy atom. The molecule has 2 aromatic rings. The van der Waals surface area contributed by atoms with E-state index in [0.29, 0.717) is 11.7 Å². The molecule has 1 fully saturated rings. The van der Waals surface area contributed by atoms with Crippen molar-refractivity contribution < 1.29 is 22.7 Å². The van der Waals surface area contributed by atoms with Crippen molar-refractivity contribution in [3.63, 3.8) is 0 Å². The number of alkyl halides is 3. The molecule has 0 spiro atoms. The van der Waals surface area contributed by atoms with Gasteiger partial charge in [0, 0.05) is 0 Å². The molecule has 1 saturated carbocycles. The zero-order chi connectivity index (χ0) is 20.1. The molecular weight excluding hydrogens is 365 g/mol. The van der Waals surface area contributed by atoms with Gasteiger partial charge in [-0.3, -0.25) is 0 Å². The standard InChI is InChI=1S/C23H23F3O2/c1-2-4-16-7-9-17(10-8-16)18-11-13-21(14-12-18)28-22(27)19-5-3-6-20(15-19)23(24,25)26/h2-3,5-6,11-17H,1,4,7-10H2. The quantitative estimate of drug-likeness (QED) is 0.321. The molecule has 1 aliphatic rings. The SMILES string of the molecule is C=CCC1CCC(c2ccc(OC(=O)c3cccc(C(F)(F)F)c3)cc2)CC1. The minimum absolute atomic E-state index is 0.126. The van der Waals surface area contributed by atoms with Crippen molar-refractivity contribution in [3.05, 3.63) is 77.9 Å². The van der Waals surface area contributed by atoms with E-state index < -0.39 is 17.7 Å². The van der Waals surface area contributed by atoms with E-state index in [0.717, 1.165) is 37.3 Å². The van der Waals surface area contributed by atoms with E-state index in [9.17, 15) is 18.0 Å². The number of rotatable bonds is 5. The Morgan fingerprint density at radius 3 is 2.36 bits per heavy atom. The van der Waals surface area contributed by atoms with Gasteiger partial charge in [0.05, 0.1) is 11.1 Å². The maximum atomic E-state index is 12.8. The number of allylic oxidation sites excluding steroid dienone is 1. The van der Waals surface area contributed by atoms with Crippen molar-refractivity contribution in [1.29, 1.82) is 0 Å². The van der Waals surface area contributed by atoms with E-state index >= 15 is 0 Å². The van der Waals surface area contributed by atoms with Gasteiger partial charge >= 0.3 is 12.1 Å². The van der Waals surface area contributed by atoms with E-state index in [1.54, 1.807) is 12.1 Å². The monoisotopic (exact) mass is 388 g/mol. The Morgan fingerprint density at radius 2 is 1.75 bits per heavy atom. The number of carbonyl (C=O) groups excluding carboxylic acids is 1. The summed E-state index contributed by atoms with van der Waals surface area (Å²) in [5.74, 6) is 0.742. The number of benzene rings is 2. The fraction of sp³-hybridized carbons (Fsp3) is 0.348. The molecule has 1 aliphatic carbocycles. The fourth-order valence-corrected chi connectivity index (χ4v) is 3.76. The van der Waals surface area contributed by atoms with Gasteiger partial charge in [-0.2, -0.15) is 13.2 Å². The molecule has 28 heavy (non-hydrogen) atoms. The van der Waals surface area contributed by atoms with Gasteiger partial charge in [-0.25, -0.2) is 4.79 Å². The van der Waals surface area contributed by atoms with Crippen LogP contribution in [0.2, 0.25) is 0 Å². The lowest BCUT2D eigenvalue weighted by Gasteiger charge is -2.28. The fourth-order valence-electron chi connectivity index (χ4n) is 3.76. The highest BCUT2D eigenvalue weighted by atomic mass is 19.4. The summed E-state index contributed by atoms with van der Waals surface area (Å²) in [6.07, 6.45) is 3.17. The van der Waals surface area contributed by atoms with Crippen LogP contribution in [0.1, 0.15) is 59.5 Å². The van der Waals surface area contributed by atoms with E-state index in [4.69, 9.17) is 4.74 Å². The van der Waals surface area contributed by atoms with Crippen molar-refractivity contribution in [2.75, 3.05) is 0 Å². The number of halogens is 3. The highest BCUT2D eigenvalue weighted by molar-refractivity contribution is 5.91. The van der Waals surface area contributed by atoms with E-state index in [-0.39, 0.29) is 5.56 Å². The van der Waals surface area contributed by atoms with Gasteiger partial charge in [-0.15, -0.1) is 6.58 Å². The molecule has 148 valence electrons. The third-order valence-electron chi connectivity index (χ3n) is 5.33. The first-order chi connectivity index (χ1) is 13.4. The molecule has 0 amide bonds. The lowest BCUT2D eigenvalue weighted by Crippen LogP contribution is -2.13. The number of ether oxygens (including phenoxy) is 1. The molecule has 0 radical (unpaired) electrons. The summed E-state index contributed by atoms with van der Waals surface area (Å²) in [4.78, 5) is 12.2. The highest BCUT2D eigenvalue weighted by Gasteiger charge is 2.31. The Labute approximate surface area is 163 Å². The topological polar surface area (TPSA) is 26.3 Å². The maximum absolute atomic E-state index is 12.8. The summed E-state index contributed by atoms with van der Waals surface area (Å²) < 4.78 is 43.6. The van der Waals surface area contributed by atoms with Crippen LogP contribution in [0.15, 0.2) is 61.2 Å². The van der Waals surface area contributed by atoms with E-state index in [1.807, 2.05) is 18.2 Å². The summed E-state index contributed by atoms with van der Waals surface area (Å²) in [7, 11) is 0. The van der Waals surface area contributed by atoms with Crippen LogP contribution < -0.4 is 4.74 Å². The number of hydrogen-bond acceptors (Lipinski definition) is 2. The minimum Gasteiger partial charge on any atom is -0.423 e. The number of esters is 1. The Kier molecular flexibility index (Phi) is 6.22. The van der Waals surface area contributed by atoms with Crippen LogP contribution in [0.25, 0.3) is 0 Å². The molecule has 0 saturated heterocycles. The van der Waals surface area contributed by atoms with Crippen LogP contribution in [0.5, 0.6) is 5.75 Å². The van der Waals surface area contributed by atoms with Crippen LogP contribution in [-0.2, 0) is 6.18 Å². The first kappa shape index (κ1) is 20.2. The largest absolute Gasteiger partial charge is 0.423 e. The average molecular weight is 388 g/mol. The van der Waals surface area contributed by atoms with Gasteiger partial charge in [-0.1, -0.05) is 24.3 Å². The second-order valence-electron chi connectivity index (χ2n) is 7.28. The van der Waals surface area contributed by atoms with Gasteiger partial charge in [0.2, 0.25) is 0 Å². The van der Waals surface area contributed by atoms with Crippen LogP contribution in [0, 0.1) is 5.92 Å². The molecular formula is C23H23F3O2. The average Bonchev–Trinajstić information content (AvgIpc) is 2.69. The molecule has 0 aliphatic heterocycles. The summed E-state index contributed by atoms with van der Waals surface area (Å²) in [5, 5.41) is 0. The second-order valence-corrected chi connectivity index (χ2v) is 7.28. The molecule has 0 bridgehead atoms. The summed E-state index contributed by atoms with van der Waals surface area (Å²) in [6, 6.07) is 11.5. The maximum Gasteiger partial charge on any atom is 0.416 e. The summed E-state index contributed by atoms with van der Waals surface area (Å²) in [5.41, 5.74) is 0.208. The lowest BCUT2D eigenvalue weighted by molar-refractivity contribution is -0.137. The van der Waals surface area contributed by atoms with E-state index in [2.05, 4.69) is 6.58 Å². The molecule has 0 atom stereocenters. The van der Waals surface area contributed by atoms with Crippen LogP contribution in [-0.4, -0.2) is 5.97 Å². The first-order valence-electron chi connectivity index (χ1n) is 9.47. The van der Waals surface area contributed by atoms with Crippen molar-refractivity contribution in [1.82, 2.24) is 0 Å². The molecule has 0 N–H and O–H groups in total. The normalized spacial score (nSPS) is 19.8.